The van der Waals surface area contributed by atoms with E-state index in [9.17, 15) is 15.2 Å². The number of nitrogens with zero attached hydrogens (tertiary/aromatic N) is 1. The number of hydrogen-bond donors (Lipinski definition) is 2. The third-order valence-electron chi connectivity index (χ3n) is 3.03. The maximum Gasteiger partial charge on any atom is 0.280 e. The molecule has 0 spiro atoms. The Balaban J connectivity index is 2.45. The standard InChI is InChI=1S/C12H16N2O4/c1-8(15)9-3-2-4-10(12(9)14(16)17)11-7-18-6-5-13-11/h2-4,8,11,13,15H,5-7H2,1H3. The molecule has 0 radical (unpaired) electrons. The van der Waals surface area contributed by atoms with Crippen molar-refractivity contribution in [3.8, 4) is 0 Å². The molecule has 6 nitrogen and oxygen atoms in total. The summed E-state index contributed by atoms with van der Waals surface area (Å²) in [6.07, 6.45) is -0.866. The second-order valence-corrected chi connectivity index (χ2v) is 4.30. The minimum absolute atomic E-state index is 0.0181. The van der Waals surface area contributed by atoms with Crippen molar-refractivity contribution in [2.45, 2.75) is 19.1 Å². The molecule has 18 heavy (non-hydrogen) atoms. The van der Waals surface area contributed by atoms with E-state index in [0.29, 0.717) is 30.9 Å². The van der Waals surface area contributed by atoms with E-state index in [4.69, 9.17) is 4.74 Å². The molecule has 1 aliphatic heterocycles. The van der Waals surface area contributed by atoms with E-state index in [2.05, 4.69) is 5.32 Å². The molecule has 1 fully saturated rings. The highest BCUT2D eigenvalue weighted by Crippen LogP contribution is 2.33. The fourth-order valence-corrected chi connectivity index (χ4v) is 2.17. The van der Waals surface area contributed by atoms with Crippen LogP contribution in [0.4, 0.5) is 5.69 Å². The Morgan fingerprint density at radius 2 is 2.39 bits per heavy atom. The maximum absolute atomic E-state index is 11.2. The van der Waals surface area contributed by atoms with E-state index in [1.807, 2.05) is 0 Å². The van der Waals surface area contributed by atoms with Crippen molar-refractivity contribution in [3.63, 3.8) is 0 Å². The number of nitro groups is 1. The fraction of sp³-hybridized carbons (Fsp3) is 0.500. The highest BCUT2D eigenvalue weighted by atomic mass is 16.6. The lowest BCUT2D eigenvalue weighted by Crippen LogP contribution is -2.35. The molecule has 0 saturated carbocycles. The molecular formula is C12H16N2O4. The fourth-order valence-electron chi connectivity index (χ4n) is 2.17. The quantitative estimate of drug-likeness (QED) is 0.626. The lowest BCUT2D eigenvalue weighted by molar-refractivity contribution is -0.387. The van der Waals surface area contributed by atoms with Gasteiger partial charge in [0.15, 0.2) is 0 Å². The molecule has 2 rings (SSSR count). The van der Waals surface area contributed by atoms with Crippen LogP contribution in [-0.2, 0) is 4.74 Å². The molecule has 98 valence electrons. The normalized spacial score (nSPS) is 21.6. The number of aliphatic hydroxyl groups excluding tert-OH is 1. The number of rotatable bonds is 3. The van der Waals surface area contributed by atoms with Crippen molar-refractivity contribution in [3.05, 3.63) is 39.4 Å². The van der Waals surface area contributed by atoms with Crippen molar-refractivity contribution in [2.75, 3.05) is 19.8 Å². The zero-order valence-corrected chi connectivity index (χ0v) is 10.1. The van der Waals surface area contributed by atoms with Crippen LogP contribution in [-0.4, -0.2) is 29.8 Å². The van der Waals surface area contributed by atoms with E-state index >= 15 is 0 Å². The zero-order valence-electron chi connectivity index (χ0n) is 10.1. The van der Waals surface area contributed by atoms with E-state index in [1.165, 1.54) is 6.92 Å². The summed E-state index contributed by atoms with van der Waals surface area (Å²) >= 11 is 0. The Hall–Kier alpha value is -1.50. The first-order valence-electron chi connectivity index (χ1n) is 5.87. The second-order valence-electron chi connectivity index (χ2n) is 4.30. The molecule has 0 bridgehead atoms. The minimum atomic E-state index is -0.866. The second kappa shape index (κ2) is 5.43. The average molecular weight is 252 g/mol. The van der Waals surface area contributed by atoms with Crippen LogP contribution in [0.3, 0.4) is 0 Å². The monoisotopic (exact) mass is 252 g/mol. The largest absolute Gasteiger partial charge is 0.388 e. The van der Waals surface area contributed by atoms with Gasteiger partial charge in [0.05, 0.1) is 35.8 Å². The number of benzene rings is 1. The van der Waals surface area contributed by atoms with Crippen LogP contribution < -0.4 is 5.32 Å². The van der Waals surface area contributed by atoms with Gasteiger partial charge in [-0.15, -0.1) is 0 Å². The minimum Gasteiger partial charge on any atom is -0.388 e. The molecule has 6 heteroatoms. The molecule has 2 N–H and O–H groups in total. The zero-order chi connectivity index (χ0) is 13.1. The third kappa shape index (κ3) is 2.50. The first kappa shape index (κ1) is 12.9. The van der Waals surface area contributed by atoms with Gasteiger partial charge in [-0.1, -0.05) is 12.1 Å². The Morgan fingerprint density at radius 3 is 2.94 bits per heavy atom. The molecule has 1 aromatic carbocycles. The van der Waals surface area contributed by atoms with Crippen LogP contribution in [0.15, 0.2) is 18.2 Å². The van der Waals surface area contributed by atoms with Gasteiger partial charge >= 0.3 is 0 Å². The number of ether oxygens (including phenoxy) is 1. The summed E-state index contributed by atoms with van der Waals surface area (Å²) in [7, 11) is 0. The molecule has 0 aliphatic carbocycles. The van der Waals surface area contributed by atoms with Crippen LogP contribution in [0.2, 0.25) is 0 Å². The van der Waals surface area contributed by atoms with Gasteiger partial charge in [-0.05, 0) is 13.0 Å². The van der Waals surface area contributed by atoms with E-state index in [0.717, 1.165) is 0 Å². The molecule has 1 saturated heterocycles. The molecule has 0 amide bonds. The molecule has 1 aliphatic rings. The van der Waals surface area contributed by atoms with E-state index in [1.54, 1.807) is 18.2 Å². The van der Waals surface area contributed by atoms with Crippen LogP contribution in [0, 0.1) is 10.1 Å². The van der Waals surface area contributed by atoms with Crippen LogP contribution >= 0.6 is 0 Å². The van der Waals surface area contributed by atoms with Crippen LogP contribution in [0.5, 0.6) is 0 Å². The van der Waals surface area contributed by atoms with Crippen LogP contribution in [0.1, 0.15) is 30.2 Å². The van der Waals surface area contributed by atoms with Gasteiger partial charge in [0.1, 0.15) is 0 Å². The van der Waals surface area contributed by atoms with E-state index < -0.39 is 11.0 Å². The van der Waals surface area contributed by atoms with Crippen molar-refractivity contribution in [2.24, 2.45) is 0 Å². The number of para-hydroxylation sites is 1. The van der Waals surface area contributed by atoms with Gasteiger partial charge < -0.3 is 15.2 Å². The number of nitrogens with one attached hydrogen (secondary N) is 1. The summed E-state index contributed by atoms with van der Waals surface area (Å²) in [5, 5.41) is 24.0. The van der Waals surface area contributed by atoms with Crippen molar-refractivity contribution in [1.82, 2.24) is 5.32 Å². The van der Waals surface area contributed by atoms with Crippen LogP contribution in [0.25, 0.3) is 0 Å². The molecule has 1 aromatic rings. The summed E-state index contributed by atoms with van der Waals surface area (Å²) in [5.41, 5.74) is 0.887. The summed E-state index contributed by atoms with van der Waals surface area (Å²) < 4.78 is 5.32. The SMILES string of the molecule is CC(O)c1cccc(C2COCCN2)c1[N+](=O)[O-]. The number of hydrogen-bond acceptors (Lipinski definition) is 5. The first-order chi connectivity index (χ1) is 8.61. The predicted octanol–water partition coefficient (Wildman–Crippen LogP) is 1.31. The van der Waals surface area contributed by atoms with Gasteiger partial charge in [-0.2, -0.15) is 0 Å². The lowest BCUT2D eigenvalue weighted by atomic mass is 9.98. The number of morpholine rings is 1. The highest BCUT2D eigenvalue weighted by Gasteiger charge is 2.28. The first-order valence-corrected chi connectivity index (χ1v) is 5.87. The van der Waals surface area contributed by atoms with Gasteiger partial charge in [0.2, 0.25) is 0 Å². The molecule has 2 atom stereocenters. The Kier molecular flexibility index (Phi) is 3.90. The number of nitro benzene ring substituents is 1. The van der Waals surface area contributed by atoms with Crippen molar-refractivity contribution in [1.29, 1.82) is 0 Å². The van der Waals surface area contributed by atoms with Crippen molar-refractivity contribution >= 4 is 5.69 Å². The topological polar surface area (TPSA) is 84.6 Å². The Labute approximate surface area is 105 Å². The smallest absolute Gasteiger partial charge is 0.280 e. The highest BCUT2D eigenvalue weighted by molar-refractivity contribution is 5.50. The lowest BCUT2D eigenvalue weighted by Gasteiger charge is -2.24. The third-order valence-corrected chi connectivity index (χ3v) is 3.03. The molecule has 1 heterocycles. The van der Waals surface area contributed by atoms with Gasteiger partial charge in [0, 0.05) is 12.1 Å². The Bertz CT molecular complexity index is 442. The molecular weight excluding hydrogens is 236 g/mol. The summed E-state index contributed by atoms with van der Waals surface area (Å²) in [6.45, 7) is 3.21. The molecule has 0 aromatic heterocycles. The summed E-state index contributed by atoms with van der Waals surface area (Å²) in [6, 6.07) is 4.81. The van der Waals surface area contributed by atoms with Crippen molar-refractivity contribution < 1.29 is 14.8 Å². The van der Waals surface area contributed by atoms with Gasteiger partial charge in [-0.3, -0.25) is 10.1 Å². The van der Waals surface area contributed by atoms with Gasteiger partial charge in [-0.25, -0.2) is 0 Å². The molecule has 2 unspecified atom stereocenters. The van der Waals surface area contributed by atoms with Gasteiger partial charge in [0.25, 0.3) is 5.69 Å². The predicted molar refractivity (Wildman–Crippen MR) is 65.3 cm³/mol. The average Bonchev–Trinajstić information content (AvgIpc) is 2.38. The maximum atomic E-state index is 11.2. The van der Waals surface area contributed by atoms with E-state index in [-0.39, 0.29) is 11.7 Å². The summed E-state index contributed by atoms with van der Waals surface area (Å²) in [5.74, 6) is 0. The number of aliphatic hydroxyl groups is 1. The Morgan fingerprint density at radius 1 is 1.61 bits per heavy atom. The summed E-state index contributed by atoms with van der Waals surface area (Å²) in [4.78, 5) is 10.8.